The first kappa shape index (κ1) is 6.10. The van der Waals surface area contributed by atoms with Gasteiger partial charge in [-0.2, -0.15) is 0 Å². The molecule has 1 heteroatoms. The number of hydrogen-bond acceptors (Lipinski definition) is 1. The van der Waals surface area contributed by atoms with Gasteiger partial charge in [-0.3, -0.25) is 4.79 Å². The van der Waals surface area contributed by atoms with Gasteiger partial charge in [0.2, 0.25) is 0 Å². The second-order valence-corrected chi connectivity index (χ2v) is 2.12. The molecular formula is C8H8O. The molecule has 0 aliphatic heterocycles. The van der Waals surface area contributed by atoms with E-state index in [0.29, 0.717) is 0 Å². The van der Waals surface area contributed by atoms with Gasteiger partial charge in [-0.15, -0.1) is 6.42 Å². The molecule has 0 spiro atoms. The Balaban J connectivity index is 2.85. The molecule has 46 valence electrons. The zero-order chi connectivity index (χ0) is 6.69. The van der Waals surface area contributed by atoms with Crippen molar-refractivity contribution in [2.24, 2.45) is 0 Å². The SMILES string of the molecule is C#CC1=C(C=O)CCC1. The lowest BCUT2D eigenvalue weighted by molar-refractivity contribution is -0.105. The van der Waals surface area contributed by atoms with Gasteiger partial charge in [-0.1, -0.05) is 5.92 Å². The molecule has 0 unspecified atom stereocenters. The van der Waals surface area contributed by atoms with E-state index in [0.717, 1.165) is 36.7 Å². The fraction of sp³-hybridized carbons (Fsp3) is 0.375. The molecule has 0 heterocycles. The molecule has 0 saturated heterocycles. The third-order valence-electron chi connectivity index (χ3n) is 1.58. The fourth-order valence-corrected chi connectivity index (χ4v) is 1.06. The smallest absolute Gasteiger partial charge is 0.146 e. The van der Waals surface area contributed by atoms with Crippen LogP contribution in [0.15, 0.2) is 11.1 Å². The molecule has 0 bridgehead atoms. The number of terminal acetylenes is 1. The quantitative estimate of drug-likeness (QED) is 0.376. The van der Waals surface area contributed by atoms with E-state index in [-0.39, 0.29) is 0 Å². The van der Waals surface area contributed by atoms with E-state index in [1.54, 1.807) is 0 Å². The van der Waals surface area contributed by atoms with E-state index in [1.807, 2.05) is 0 Å². The summed E-state index contributed by atoms with van der Waals surface area (Å²) in [4.78, 5) is 10.2. The van der Waals surface area contributed by atoms with E-state index in [9.17, 15) is 4.79 Å². The summed E-state index contributed by atoms with van der Waals surface area (Å²) >= 11 is 0. The zero-order valence-electron chi connectivity index (χ0n) is 5.18. The number of aldehydes is 1. The van der Waals surface area contributed by atoms with E-state index in [1.165, 1.54) is 0 Å². The Morgan fingerprint density at radius 3 is 2.78 bits per heavy atom. The third-order valence-corrected chi connectivity index (χ3v) is 1.58. The topological polar surface area (TPSA) is 17.1 Å². The summed E-state index contributed by atoms with van der Waals surface area (Å²) in [6.07, 6.45) is 8.86. The molecule has 1 nitrogen and oxygen atoms in total. The molecule has 0 aromatic rings. The van der Waals surface area contributed by atoms with Gasteiger partial charge in [0.15, 0.2) is 0 Å². The molecule has 1 aliphatic rings. The van der Waals surface area contributed by atoms with Gasteiger partial charge in [0, 0.05) is 11.1 Å². The minimum atomic E-state index is 0.831. The van der Waals surface area contributed by atoms with Crippen molar-refractivity contribution in [2.75, 3.05) is 0 Å². The maximum absolute atomic E-state index is 10.2. The predicted octanol–water partition coefficient (Wildman–Crippen LogP) is 1.30. The number of carbonyl (C=O) groups excluding carboxylic acids is 1. The number of allylic oxidation sites excluding steroid dienone is 2. The van der Waals surface area contributed by atoms with Crippen LogP contribution in [-0.4, -0.2) is 6.29 Å². The van der Waals surface area contributed by atoms with Gasteiger partial charge in [0.1, 0.15) is 6.29 Å². The minimum absolute atomic E-state index is 0.831. The van der Waals surface area contributed by atoms with E-state index >= 15 is 0 Å². The van der Waals surface area contributed by atoms with E-state index in [2.05, 4.69) is 5.92 Å². The summed E-state index contributed by atoms with van der Waals surface area (Å²) in [5.41, 5.74) is 1.74. The molecule has 0 amide bonds. The molecule has 0 aromatic heterocycles. The van der Waals surface area contributed by atoms with Gasteiger partial charge >= 0.3 is 0 Å². The second-order valence-electron chi connectivity index (χ2n) is 2.12. The van der Waals surface area contributed by atoms with Gasteiger partial charge in [0.05, 0.1) is 0 Å². The Bertz CT molecular complexity index is 193. The summed E-state index contributed by atoms with van der Waals surface area (Å²) in [7, 11) is 0. The van der Waals surface area contributed by atoms with Crippen LogP contribution in [0.4, 0.5) is 0 Å². The van der Waals surface area contributed by atoms with Crippen LogP contribution in [0.2, 0.25) is 0 Å². The molecule has 1 rings (SSSR count). The van der Waals surface area contributed by atoms with Crippen LogP contribution < -0.4 is 0 Å². The van der Waals surface area contributed by atoms with Crippen molar-refractivity contribution in [1.82, 2.24) is 0 Å². The molecule has 9 heavy (non-hydrogen) atoms. The van der Waals surface area contributed by atoms with Gasteiger partial charge in [0.25, 0.3) is 0 Å². The van der Waals surface area contributed by atoms with Crippen molar-refractivity contribution in [3.8, 4) is 12.3 Å². The third kappa shape index (κ3) is 1.02. The molecule has 0 N–H and O–H groups in total. The van der Waals surface area contributed by atoms with Crippen molar-refractivity contribution < 1.29 is 4.79 Å². The Hall–Kier alpha value is -1.03. The molecule has 0 aromatic carbocycles. The van der Waals surface area contributed by atoms with Crippen molar-refractivity contribution >= 4 is 6.29 Å². The Morgan fingerprint density at radius 2 is 2.33 bits per heavy atom. The van der Waals surface area contributed by atoms with Crippen LogP contribution in [0.5, 0.6) is 0 Å². The van der Waals surface area contributed by atoms with Crippen LogP contribution >= 0.6 is 0 Å². The highest BCUT2D eigenvalue weighted by atomic mass is 16.1. The van der Waals surface area contributed by atoms with Crippen LogP contribution in [0.25, 0.3) is 0 Å². The van der Waals surface area contributed by atoms with Crippen LogP contribution in [0, 0.1) is 12.3 Å². The Morgan fingerprint density at radius 1 is 1.56 bits per heavy atom. The molecule has 0 atom stereocenters. The molecule has 0 fully saturated rings. The summed E-state index contributed by atoms with van der Waals surface area (Å²) in [5, 5.41) is 0. The number of hydrogen-bond donors (Lipinski definition) is 0. The maximum atomic E-state index is 10.2. The predicted molar refractivity (Wildman–Crippen MR) is 35.8 cm³/mol. The average Bonchev–Trinajstić information content (AvgIpc) is 2.33. The normalized spacial score (nSPS) is 17.7. The molecule has 0 radical (unpaired) electrons. The number of rotatable bonds is 1. The van der Waals surface area contributed by atoms with Crippen molar-refractivity contribution in [1.29, 1.82) is 0 Å². The van der Waals surface area contributed by atoms with Crippen molar-refractivity contribution in [3.63, 3.8) is 0 Å². The lowest BCUT2D eigenvalue weighted by Gasteiger charge is -1.86. The lowest BCUT2D eigenvalue weighted by Crippen LogP contribution is -1.80. The molecular weight excluding hydrogens is 112 g/mol. The Labute approximate surface area is 54.8 Å². The highest BCUT2D eigenvalue weighted by Crippen LogP contribution is 2.22. The maximum Gasteiger partial charge on any atom is 0.146 e. The lowest BCUT2D eigenvalue weighted by atomic mass is 10.2. The average molecular weight is 120 g/mol. The minimum Gasteiger partial charge on any atom is -0.298 e. The second kappa shape index (κ2) is 2.50. The largest absolute Gasteiger partial charge is 0.298 e. The highest BCUT2D eigenvalue weighted by molar-refractivity contribution is 5.77. The fourth-order valence-electron chi connectivity index (χ4n) is 1.06. The summed E-state index contributed by atoms with van der Waals surface area (Å²) < 4.78 is 0. The van der Waals surface area contributed by atoms with Crippen molar-refractivity contribution in [2.45, 2.75) is 19.3 Å². The molecule has 1 aliphatic carbocycles. The first-order valence-corrected chi connectivity index (χ1v) is 3.02. The van der Waals surface area contributed by atoms with E-state index < -0.39 is 0 Å². The van der Waals surface area contributed by atoms with E-state index in [4.69, 9.17) is 6.42 Å². The summed E-state index contributed by atoms with van der Waals surface area (Å²) in [5.74, 6) is 2.51. The van der Waals surface area contributed by atoms with Gasteiger partial charge in [-0.25, -0.2) is 0 Å². The van der Waals surface area contributed by atoms with Gasteiger partial charge in [-0.05, 0) is 19.3 Å². The van der Waals surface area contributed by atoms with Crippen LogP contribution in [-0.2, 0) is 4.79 Å². The van der Waals surface area contributed by atoms with Crippen LogP contribution in [0.1, 0.15) is 19.3 Å². The van der Waals surface area contributed by atoms with Crippen LogP contribution in [0.3, 0.4) is 0 Å². The first-order valence-electron chi connectivity index (χ1n) is 3.02. The number of carbonyl (C=O) groups is 1. The Kier molecular flexibility index (Phi) is 1.69. The zero-order valence-corrected chi connectivity index (χ0v) is 5.18. The molecule has 0 saturated carbocycles. The monoisotopic (exact) mass is 120 g/mol. The summed E-state index contributed by atoms with van der Waals surface area (Å²) in [6.45, 7) is 0. The van der Waals surface area contributed by atoms with Crippen molar-refractivity contribution in [3.05, 3.63) is 11.1 Å². The summed E-state index contributed by atoms with van der Waals surface area (Å²) in [6, 6.07) is 0. The van der Waals surface area contributed by atoms with Gasteiger partial charge < -0.3 is 0 Å². The standard InChI is InChI=1S/C8H8O/c1-2-7-4-3-5-8(7)6-9/h1,6H,3-5H2. The first-order chi connectivity index (χ1) is 4.38. The highest BCUT2D eigenvalue weighted by Gasteiger charge is 2.10.